The molecule has 3 N–H and O–H groups in total. The van der Waals surface area contributed by atoms with Gasteiger partial charge in [-0.05, 0) is 31.2 Å². The molecule has 0 spiro atoms. The van der Waals surface area contributed by atoms with E-state index in [1.165, 1.54) is 12.8 Å². The first-order valence-electron chi connectivity index (χ1n) is 6.71. The van der Waals surface area contributed by atoms with E-state index in [0.29, 0.717) is 12.0 Å². The molecule has 3 atom stereocenters. The van der Waals surface area contributed by atoms with Crippen LogP contribution in [-0.4, -0.2) is 11.9 Å². The van der Waals surface area contributed by atoms with Gasteiger partial charge in [0.25, 0.3) is 0 Å². The lowest BCUT2D eigenvalue weighted by Gasteiger charge is -2.24. The molecule has 1 fully saturated rings. The van der Waals surface area contributed by atoms with Gasteiger partial charge in [0.1, 0.15) is 5.54 Å². The Morgan fingerprint density at radius 1 is 1.42 bits per heavy atom. The normalized spacial score (nSPS) is 23.9. The third-order valence-corrected chi connectivity index (χ3v) is 3.74. The van der Waals surface area contributed by atoms with Gasteiger partial charge in [-0.3, -0.25) is 4.79 Å². The van der Waals surface area contributed by atoms with Crippen LogP contribution in [-0.2, 0) is 10.3 Å². The molecule has 1 saturated carbocycles. The molecule has 0 saturated heterocycles. The van der Waals surface area contributed by atoms with E-state index in [9.17, 15) is 4.79 Å². The number of benzene rings is 1. The minimum absolute atomic E-state index is 0. The van der Waals surface area contributed by atoms with Crippen molar-refractivity contribution in [2.45, 2.75) is 44.7 Å². The van der Waals surface area contributed by atoms with Crippen molar-refractivity contribution in [3.05, 3.63) is 35.9 Å². The van der Waals surface area contributed by atoms with Gasteiger partial charge in [-0.15, -0.1) is 12.4 Å². The topological polar surface area (TPSA) is 55.1 Å². The van der Waals surface area contributed by atoms with Crippen molar-refractivity contribution in [1.29, 1.82) is 0 Å². The molecule has 0 aliphatic heterocycles. The number of nitrogens with one attached hydrogen (secondary N) is 1. The third-order valence-electron chi connectivity index (χ3n) is 3.74. The summed E-state index contributed by atoms with van der Waals surface area (Å²) in [6.07, 6.45) is 3.47. The molecule has 0 bridgehead atoms. The highest BCUT2D eigenvalue weighted by Crippen LogP contribution is 2.35. The average molecular weight is 283 g/mol. The lowest BCUT2D eigenvalue weighted by molar-refractivity contribution is -0.126. The van der Waals surface area contributed by atoms with Crippen LogP contribution in [0, 0.1) is 5.92 Å². The second-order valence-electron chi connectivity index (χ2n) is 5.43. The summed E-state index contributed by atoms with van der Waals surface area (Å²) in [7, 11) is 0. The Morgan fingerprint density at radius 3 is 2.63 bits per heavy atom. The summed E-state index contributed by atoms with van der Waals surface area (Å²) in [5, 5.41) is 3.06. The van der Waals surface area contributed by atoms with Gasteiger partial charge in [-0.1, -0.05) is 43.7 Å². The number of hydrogen-bond donors (Lipinski definition) is 2. The van der Waals surface area contributed by atoms with Crippen molar-refractivity contribution < 1.29 is 4.79 Å². The summed E-state index contributed by atoms with van der Waals surface area (Å²) < 4.78 is 0. The highest BCUT2D eigenvalue weighted by atomic mass is 35.5. The maximum absolute atomic E-state index is 12.2. The number of halogens is 1. The SMILES string of the molecule is CCCC1CC1NC(=O)C(C)(N)c1ccccc1.Cl. The minimum atomic E-state index is -0.944. The second-order valence-corrected chi connectivity index (χ2v) is 5.43. The molecule has 19 heavy (non-hydrogen) atoms. The van der Waals surface area contributed by atoms with E-state index < -0.39 is 5.54 Å². The first kappa shape index (κ1) is 16.0. The average Bonchev–Trinajstić information content (AvgIpc) is 3.09. The Morgan fingerprint density at radius 2 is 2.05 bits per heavy atom. The Labute approximate surface area is 121 Å². The van der Waals surface area contributed by atoms with E-state index in [2.05, 4.69) is 12.2 Å². The fourth-order valence-electron chi connectivity index (χ4n) is 2.35. The monoisotopic (exact) mass is 282 g/mol. The summed E-state index contributed by atoms with van der Waals surface area (Å²) >= 11 is 0. The maximum Gasteiger partial charge on any atom is 0.244 e. The zero-order chi connectivity index (χ0) is 13.2. The summed E-state index contributed by atoms with van der Waals surface area (Å²) in [5.74, 6) is 0.586. The standard InChI is InChI=1S/C15H22N2O.ClH/c1-3-7-11-10-13(11)17-14(18)15(2,16)12-8-5-4-6-9-12;/h4-6,8-9,11,13H,3,7,10,16H2,1-2H3,(H,17,18);1H. The molecule has 1 amide bonds. The van der Waals surface area contributed by atoms with E-state index in [1.54, 1.807) is 6.92 Å². The van der Waals surface area contributed by atoms with E-state index >= 15 is 0 Å². The molecule has 3 nitrogen and oxygen atoms in total. The van der Waals surface area contributed by atoms with Crippen molar-refractivity contribution in [1.82, 2.24) is 5.32 Å². The third kappa shape index (κ3) is 3.71. The van der Waals surface area contributed by atoms with Crippen LogP contribution in [0.25, 0.3) is 0 Å². The van der Waals surface area contributed by atoms with Gasteiger partial charge in [0.05, 0.1) is 0 Å². The first-order chi connectivity index (χ1) is 8.55. The van der Waals surface area contributed by atoms with Crippen LogP contribution < -0.4 is 11.1 Å². The van der Waals surface area contributed by atoms with Crippen LogP contribution in [0.2, 0.25) is 0 Å². The van der Waals surface area contributed by atoms with E-state index in [4.69, 9.17) is 5.73 Å². The van der Waals surface area contributed by atoms with Gasteiger partial charge in [-0.25, -0.2) is 0 Å². The number of rotatable bonds is 5. The van der Waals surface area contributed by atoms with Crippen LogP contribution in [0.15, 0.2) is 30.3 Å². The molecule has 3 unspecified atom stereocenters. The number of hydrogen-bond acceptors (Lipinski definition) is 2. The quantitative estimate of drug-likeness (QED) is 0.872. The smallest absolute Gasteiger partial charge is 0.244 e. The molecular weight excluding hydrogens is 260 g/mol. The van der Waals surface area contributed by atoms with Gasteiger partial charge in [0.2, 0.25) is 5.91 Å². The van der Waals surface area contributed by atoms with Crippen molar-refractivity contribution in [3.63, 3.8) is 0 Å². The van der Waals surface area contributed by atoms with Crippen molar-refractivity contribution in [2.24, 2.45) is 11.7 Å². The van der Waals surface area contributed by atoms with Crippen molar-refractivity contribution >= 4 is 18.3 Å². The highest BCUT2D eigenvalue weighted by Gasteiger charge is 2.40. The minimum Gasteiger partial charge on any atom is -0.351 e. The van der Waals surface area contributed by atoms with Gasteiger partial charge >= 0.3 is 0 Å². The zero-order valence-corrected chi connectivity index (χ0v) is 12.4. The van der Waals surface area contributed by atoms with Gasteiger partial charge in [0, 0.05) is 6.04 Å². The zero-order valence-electron chi connectivity index (χ0n) is 11.6. The molecule has 0 aromatic heterocycles. The Balaban J connectivity index is 0.00000180. The Kier molecular flexibility index (Phi) is 5.39. The van der Waals surface area contributed by atoms with E-state index in [1.807, 2.05) is 30.3 Å². The van der Waals surface area contributed by atoms with Crippen LogP contribution in [0.3, 0.4) is 0 Å². The molecule has 2 rings (SSSR count). The summed E-state index contributed by atoms with van der Waals surface area (Å²) in [6, 6.07) is 9.88. The van der Waals surface area contributed by atoms with Crippen LogP contribution in [0.4, 0.5) is 0 Å². The maximum atomic E-state index is 12.2. The van der Waals surface area contributed by atoms with E-state index in [0.717, 1.165) is 12.0 Å². The Bertz CT molecular complexity index is 419. The van der Waals surface area contributed by atoms with Crippen molar-refractivity contribution in [3.8, 4) is 0 Å². The predicted molar refractivity (Wildman–Crippen MR) is 80.2 cm³/mol. The van der Waals surface area contributed by atoms with Crippen LogP contribution >= 0.6 is 12.4 Å². The number of amides is 1. The highest BCUT2D eigenvalue weighted by molar-refractivity contribution is 5.87. The van der Waals surface area contributed by atoms with Crippen LogP contribution in [0.5, 0.6) is 0 Å². The number of carbonyl (C=O) groups excluding carboxylic acids is 1. The van der Waals surface area contributed by atoms with Crippen LogP contribution in [0.1, 0.15) is 38.7 Å². The molecule has 4 heteroatoms. The second kappa shape index (κ2) is 6.40. The summed E-state index contributed by atoms with van der Waals surface area (Å²) in [4.78, 5) is 12.2. The molecule has 1 aromatic rings. The van der Waals surface area contributed by atoms with Gasteiger partial charge < -0.3 is 11.1 Å². The molecule has 0 radical (unpaired) electrons. The van der Waals surface area contributed by atoms with Gasteiger partial charge in [0.15, 0.2) is 0 Å². The van der Waals surface area contributed by atoms with Gasteiger partial charge in [-0.2, -0.15) is 0 Å². The Hall–Kier alpha value is -1.06. The summed E-state index contributed by atoms with van der Waals surface area (Å²) in [5.41, 5.74) is 6.08. The van der Waals surface area contributed by atoms with Crippen molar-refractivity contribution in [2.75, 3.05) is 0 Å². The largest absolute Gasteiger partial charge is 0.351 e. The predicted octanol–water partition coefficient (Wildman–Crippen LogP) is 2.59. The molecule has 1 aliphatic rings. The molecule has 1 aliphatic carbocycles. The molecule has 106 valence electrons. The molecule has 0 heterocycles. The fourth-order valence-corrected chi connectivity index (χ4v) is 2.35. The fraction of sp³-hybridized carbons (Fsp3) is 0.533. The number of nitrogens with two attached hydrogens (primary N) is 1. The van der Waals surface area contributed by atoms with E-state index in [-0.39, 0.29) is 18.3 Å². The summed E-state index contributed by atoms with van der Waals surface area (Å²) in [6.45, 7) is 3.95. The number of carbonyl (C=O) groups is 1. The molecule has 1 aromatic carbocycles. The first-order valence-corrected chi connectivity index (χ1v) is 6.71. The lowest BCUT2D eigenvalue weighted by atomic mass is 9.92. The molecular formula is C15H23ClN2O. The lowest BCUT2D eigenvalue weighted by Crippen LogP contribution is -2.49.